The van der Waals surface area contributed by atoms with Gasteiger partial charge in [0.25, 0.3) is 0 Å². The molecule has 3 aromatic rings. The molecule has 0 N–H and O–H groups in total. The number of nitrogens with zero attached hydrogens (tertiary/aromatic N) is 4. The molecule has 0 amide bonds. The van der Waals surface area contributed by atoms with E-state index in [0.29, 0.717) is 17.4 Å². The summed E-state index contributed by atoms with van der Waals surface area (Å²) in [5.41, 5.74) is 2.17. The maximum atomic E-state index is 6.50. The van der Waals surface area contributed by atoms with Crippen LogP contribution < -0.4 is 19.1 Å². The molecule has 168 valence electrons. The SMILES string of the molecule is COc1cc2nc(N3CCC3)nc(OC3CCN(Cc4ccccc4)CC3)c2cc1OC. The highest BCUT2D eigenvalue weighted by Gasteiger charge is 2.25. The predicted octanol–water partition coefficient (Wildman–Crippen LogP) is 3.90. The zero-order chi connectivity index (χ0) is 21.9. The lowest BCUT2D eigenvalue weighted by molar-refractivity contribution is 0.0945. The van der Waals surface area contributed by atoms with E-state index in [2.05, 4.69) is 40.1 Å². The quantitative estimate of drug-likeness (QED) is 0.559. The lowest BCUT2D eigenvalue weighted by atomic mass is 10.1. The van der Waals surface area contributed by atoms with Crippen LogP contribution in [0.5, 0.6) is 17.4 Å². The number of hydrogen-bond acceptors (Lipinski definition) is 7. The maximum Gasteiger partial charge on any atom is 0.229 e. The van der Waals surface area contributed by atoms with Crippen LogP contribution in [0.15, 0.2) is 42.5 Å². The van der Waals surface area contributed by atoms with Gasteiger partial charge in [0.05, 0.1) is 25.1 Å². The van der Waals surface area contributed by atoms with Crippen molar-refractivity contribution in [1.82, 2.24) is 14.9 Å². The Kier molecular flexibility index (Phi) is 5.99. The Balaban J connectivity index is 1.36. The highest BCUT2D eigenvalue weighted by Crippen LogP contribution is 2.37. The van der Waals surface area contributed by atoms with Gasteiger partial charge in [0.15, 0.2) is 11.5 Å². The lowest BCUT2D eigenvalue weighted by Crippen LogP contribution is -2.39. The topological polar surface area (TPSA) is 60.0 Å². The third kappa shape index (κ3) is 4.30. The molecule has 0 unspecified atom stereocenters. The van der Waals surface area contributed by atoms with Gasteiger partial charge in [0.2, 0.25) is 11.8 Å². The Morgan fingerprint density at radius 2 is 1.62 bits per heavy atom. The molecule has 0 bridgehead atoms. The van der Waals surface area contributed by atoms with E-state index in [1.165, 1.54) is 12.0 Å². The van der Waals surface area contributed by atoms with Crippen molar-refractivity contribution in [2.24, 2.45) is 0 Å². The predicted molar refractivity (Wildman–Crippen MR) is 125 cm³/mol. The molecule has 5 rings (SSSR count). The summed E-state index contributed by atoms with van der Waals surface area (Å²) in [7, 11) is 3.28. The summed E-state index contributed by atoms with van der Waals surface area (Å²) in [6.45, 7) is 4.98. The van der Waals surface area contributed by atoms with E-state index in [0.717, 1.165) is 62.4 Å². The van der Waals surface area contributed by atoms with Gasteiger partial charge in [0, 0.05) is 38.8 Å². The first kappa shape index (κ1) is 20.8. The van der Waals surface area contributed by atoms with Gasteiger partial charge in [-0.2, -0.15) is 4.98 Å². The summed E-state index contributed by atoms with van der Waals surface area (Å²) in [5.74, 6) is 2.68. The third-order valence-electron chi connectivity index (χ3n) is 6.36. The number of ether oxygens (including phenoxy) is 3. The van der Waals surface area contributed by atoms with Crippen LogP contribution in [0, 0.1) is 0 Å². The number of fused-ring (bicyclic) bond motifs is 1. The van der Waals surface area contributed by atoms with E-state index in [9.17, 15) is 0 Å². The highest BCUT2D eigenvalue weighted by atomic mass is 16.5. The summed E-state index contributed by atoms with van der Waals surface area (Å²) in [6.07, 6.45) is 3.26. The van der Waals surface area contributed by atoms with Crippen molar-refractivity contribution in [2.75, 3.05) is 45.3 Å². The molecule has 1 aromatic heterocycles. The van der Waals surface area contributed by atoms with Crippen molar-refractivity contribution in [2.45, 2.75) is 31.9 Å². The van der Waals surface area contributed by atoms with Gasteiger partial charge in [-0.1, -0.05) is 30.3 Å². The number of piperidine rings is 1. The second-order valence-corrected chi connectivity index (χ2v) is 8.47. The number of aromatic nitrogens is 2. The van der Waals surface area contributed by atoms with Crippen LogP contribution in [0.25, 0.3) is 10.9 Å². The molecule has 7 heteroatoms. The zero-order valence-corrected chi connectivity index (χ0v) is 18.8. The molecule has 0 radical (unpaired) electrons. The van der Waals surface area contributed by atoms with E-state index >= 15 is 0 Å². The van der Waals surface area contributed by atoms with Crippen LogP contribution in [0.3, 0.4) is 0 Å². The molecule has 2 aliphatic heterocycles. The van der Waals surface area contributed by atoms with Crippen molar-refractivity contribution in [3.8, 4) is 17.4 Å². The van der Waals surface area contributed by atoms with Crippen molar-refractivity contribution < 1.29 is 14.2 Å². The van der Waals surface area contributed by atoms with Crippen LogP contribution in [-0.2, 0) is 6.54 Å². The Hall–Kier alpha value is -3.06. The summed E-state index contributed by atoms with van der Waals surface area (Å²) < 4.78 is 17.5. The average molecular weight is 435 g/mol. The molecule has 2 saturated heterocycles. The van der Waals surface area contributed by atoms with E-state index in [1.807, 2.05) is 12.1 Å². The molecule has 0 saturated carbocycles. The van der Waals surface area contributed by atoms with E-state index in [1.54, 1.807) is 14.2 Å². The van der Waals surface area contributed by atoms with Crippen LogP contribution in [0.4, 0.5) is 5.95 Å². The molecule has 0 atom stereocenters. The van der Waals surface area contributed by atoms with Gasteiger partial charge < -0.3 is 19.1 Å². The number of methoxy groups -OCH3 is 2. The highest BCUT2D eigenvalue weighted by molar-refractivity contribution is 5.88. The molecule has 7 nitrogen and oxygen atoms in total. The molecule has 3 heterocycles. The minimum absolute atomic E-state index is 0.137. The molecular formula is C25H30N4O3. The first-order chi connectivity index (χ1) is 15.7. The average Bonchev–Trinajstić information content (AvgIpc) is 2.79. The van der Waals surface area contributed by atoms with E-state index < -0.39 is 0 Å². The third-order valence-corrected chi connectivity index (χ3v) is 6.36. The fourth-order valence-corrected chi connectivity index (χ4v) is 4.35. The Bertz CT molecular complexity index is 1060. The normalized spacial score (nSPS) is 17.2. The standard InChI is InChI=1S/C25H30N4O3/c1-30-22-15-20-21(16-23(22)31-2)26-25(29-11-6-12-29)27-24(20)32-19-9-13-28(14-10-19)17-18-7-4-3-5-8-18/h3-5,7-8,15-16,19H,6,9-14,17H2,1-2H3. The van der Waals surface area contributed by atoms with Gasteiger partial charge in [-0.15, -0.1) is 0 Å². The Labute approximate surface area is 188 Å². The Morgan fingerprint density at radius 3 is 2.28 bits per heavy atom. The number of benzene rings is 2. The van der Waals surface area contributed by atoms with Crippen LogP contribution in [-0.4, -0.2) is 61.4 Å². The van der Waals surface area contributed by atoms with Crippen molar-refractivity contribution in [3.63, 3.8) is 0 Å². The van der Waals surface area contributed by atoms with Gasteiger partial charge in [-0.3, -0.25) is 4.90 Å². The fraction of sp³-hybridized carbons (Fsp3) is 0.440. The minimum Gasteiger partial charge on any atom is -0.493 e. The van der Waals surface area contributed by atoms with Crippen molar-refractivity contribution in [1.29, 1.82) is 0 Å². The summed E-state index contributed by atoms with van der Waals surface area (Å²) in [5, 5.41) is 0.860. The summed E-state index contributed by atoms with van der Waals surface area (Å²) >= 11 is 0. The maximum absolute atomic E-state index is 6.50. The number of anilines is 1. The molecule has 0 aliphatic carbocycles. The molecule has 2 aliphatic rings. The zero-order valence-electron chi connectivity index (χ0n) is 18.8. The molecule has 0 spiro atoms. The first-order valence-electron chi connectivity index (χ1n) is 11.3. The molecule has 2 aromatic carbocycles. The second-order valence-electron chi connectivity index (χ2n) is 8.47. The van der Waals surface area contributed by atoms with Crippen LogP contribution >= 0.6 is 0 Å². The van der Waals surface area contributed by atoms with Crippen molar-refractivity contribution in [3.05, 3.63) is 48.0 Å². The molecule has 32 heavy (non-hydrogen) atoms. The number of hydrogen-bond donors (Lipinski definition) is 0. The van der Waals surface area contributed by atoms with Gasteiger partial charge in [-0.25, -0.2) is 4.98 Å². The van der Waals surface area contributed by atoms with Gasteiger partial charge >= 0.3 is 0 Å². The van der Waals surface area contributed by atoms with Gasteiger partial charge in [-0.05, 0) is 30.9 Å². The monoisotopic (exact) mass is 434 g/mol. The van der Waals surface area contributed by atoms with Crippen LogP contribution in [0.2, 0.25) is 0 Å². The number of likely N-dealkylation sites (tertiary alicyclic amines) is 1. The summed E-state index contributed by atoms with van der Waals surface area (Å²) in [4.78, 5) is 14.3. The lowest BCUT2D eigenvalue weighted by Gasteiger charge is -2.33. The molecule has 2 fully saturated rings. The largest absolute Gasteiger partial charge is 0.493 e. The van der Waals surface area contributed by atoms with E-state index in [-0.39, 0.29) is 6.10 Å². The van der Waals surface area contributed by atoms with E-state index in [4.69, 9.17) is 24.2 Å². The smallest absolute Gasteiger partial charge is 0.229 e. The van der Waals surface area contributed by atoms with Crippen LogP contribution in [0.1, 0.15) is 24.8 Å². The van der Waals surface area contributed by atoms with Crippen molar-refractivity contribution >= 4 is 16.9 Å². The minimum atomic E-state index is 0.137. The Morgan fingerprint density at radius 1 is 0.906 bits per heavy atom. The first-order valence-corrected chi connectivity index (χ1v) is 11.3. The van der Waals surface area contributed by atoms with Gasteiger partial charge in [0.1, 0.15) is 6.10 Å². The molecular weight excluding hydrogens is 404 g/mol. The number of rotatable bonds is 7. The fourth-order valence-electron chi connectivity index (χ4n) is 4.35. The second kappa shape index (κ2) is 9.20. The summed E-state index contributed by atoms with van der Waals surface area (Å²) in [6, 6.07) is 14.5.